The molecule has 42 heavy (non-hydrogen) atoms. The quantitative estimate of drug-likeness (QED) is 0.290. The molecule has 0 unspecified atom stereocenters. The van der Waals surface area contributed by atoms with Crippen molar-refractivity contribution < 1.29 is 23.5 Å². The van der Waals surface area contributed by atoms with Gasteiger partial charge in [0.2, 0.25) is 0 Å². The van der Waals surface area contributed by atoms with Gasteiger partial charge < -0.3 is 20.6 Å². The van der Waals surface area contributed by atoms with Crippen molar-refractivity contribution in [2.75, 3.05) is 6.54 Å². The summed E-state index contributed by atoms with van der Waals surface area (Å²) in [5.74, 6) is -1.97. The van der Waals surface area contributed by atoms with Gasteiger partial charge in [-0.1, -0.05) is 31.2 Å². The number of nitrogens with two attached hydrogens (primary N) is 1. The number of amides is 2. The number of hydrogen-bond donors (Lipinski definition) is 2. The monoisotopic (exact) mass is 579 g/mol. The number of hydrogen-bond acceptors (Lipinski definition) is 4. The number of aliphatic hydroxyl groups is 1. The molecule has 0 aliphatic heterocycles. The van der Waals surface area contributed by atoms with Gasteiger partial charge in [0.05, 0.1) is 6.10 Å². The van der Waals surface area contributed by atoms with Gasteiger partial charge in [-0.15, -0.1) is 0 Å². The Morgan fingerprint density at radius 3 is 1.98 bits per heavy atom. The van der Waals surface area contributed by atoms with Gasteiger partial charge in [0.25, 0.3) is 11.8 Å². The van der Waals surface area contributed by atoms with Crippen LogP contribution in [0.2, 0.25) is 0 Å². The fourth-order valence-electron chi connectivity index (χ4n) is 5.31. The van der Waals surface area contributed by atoms with Crippen molar-refractivity contribution in [3.05, 3.63) is 106 Å². The third kappa shape index (κ3) is 8.69. The van der Waals surface area contributed by atoms with Crippen molar-refractivity contribution in [3.8, 4) is 0 Å². The molecule has 3 aromatic carbocycles. The van der Waals surface area contributed by atoms with Gasteiger partial charge in [0.1, 0.15) is 11.6 Å². The van der Waals surface area contributed by atoms with E-state index in [1.807, 2.05) is 65.8 Å². The normalized spacial score (nSPS) is 12.9. The van der Waals surface area contributed by atoms with E-state index in [0.717, 1.165) is 29.2 Å². The minimum absolute atomic E-state index is 0.0204. The van der Waals surface area contributed by atoms with Crippen molar-refractivity contribution >= 4 is 11.8 Å². The van der Waals surface area contributed by atoms with Crippen molar-refractivity contribution in [1.82, 2.24) is 9.80 Å². The summed E-state index contributed by atoms with van der Waals surface area (Å²) >= 11 is 0. The molecule has 0 saturated carbocycles. The highest BCUT2D eigenvalue weighted by molar-refractivity contribution is 6.00. The number of halogens is 2. The topological polar surface area (TPSA) is 86.9 Å². The van der Waals surface area contributed by atoms with Crippen molar-refractivity contribution in [3.63, 3.8) is 0 Å². The first-order chi connectivity index (χ1) is 19.8. The van der Waals surface area contributed by atoms with Crippen molar-refractivity contribution in [1.29, 1.82) is 0 Å². The molecule has 0 aromatic heterocycles. The van der Waals surface area contributed by atoms with Crippen LogP contribution in [0.1, 0.15) is 77.6 Å². The molecule has 226 valence electrons. The summed E-state index contributed by atoms with van der Waals surface area (Å²) in [5, 5.41) is 11.1. The molecule has 3 rings (SSSR count). The predicted molar refractivity (Wildman–Crippen MR) is 162 cm³/mol. The van der Waals surface area contributed by atoms with Crippen LogP contribution in [-0.2, 0) is 19.4 Å². The van der Waals surface area contributed by atoms with Gasteiger partial charge in [0, 0.05) is 48.4 Å². The predicted octanol–water partition coefficient (Wildman–Crippen LogP) is 5.67. The minimum atomic E-state index is -1.18. The summed E-state index contributed by atoms with van der Waals surface area (Å²) in [7, 11) is 0. The second-order valence-electron chi connectivity index (χ2n) is 11.6. The molecule has 0 fully saturated rings. The lowest BCUT2D eigenvalue weighted by Crippen LogP contribution is -2.46. The van der Waals surface area contributed by atoms with Gasteiger partial charge in [-0.05, 0) is 100 Å². The molecule has 8 heteroatoms. The van der Waals surface area contributed by atoms with E-state index in [4.69, 9.17) is 5.73 Å². The highest BCUT2D eigenvalue weighted by Gasteiger charge is 2.27. The number of aliphatic hydroxyl groups excluding tert-OH is 1. The number of aryl methyl sites for hydroxylation is 2. The lowest BCUT2D eigenvalue weighted by atomic mass is 10.00. The summed E-state index contributed by atoms with van der Waals surface area (Å²) in [6.07, 6.45) is -0.338. The Labute approximate surface area is 248 Å². The van der Waals surface area contributed by atoms with E-state index in [-0.39, 0.29) is 43.4 Å². The van der Waals surface area contributed by atoms with E-state index in [1.165, 1.54) is 17.0 Å². The van der Waals surface area contributed by atoms with Gasteiger partial charge in [-0.3, -0.25) is 9.59 Å². The van der Waals surface area contributed by atoms with Crippen LogP contribution in [0.25, 0.3) is 0 Å². The van der Waals surface area contributed by atoms with E-state index < -0.39 is 23.8 Å². The molecular formula is C34H43F2N3O3. The molecule has 3 aromatic rings. The maximum absolute atomic E-state index is 14.0. The van der Waals surface area contributed by atoms with Crippen molar-refractivity contribution in [2.24, 2.45) is 5.73 Å². The Bertz CT molecular complexity index is 1360. The van der Waals surface area contributed by atoms with Crippen LogP contribution in [0, 0.1) is 18.6 Å². The average molecular weight is 580 g/mol. The molecule has 0 spiro atoms. The van der Waals surface area contributed by atoms with Crippen LogP contribution in [0.3, 0.4) is 0 Å². The SMILES string of the molecule is CCc1cccc(CN(C[C@@H](O)[C@@H](N)Cc2cc(F)cc(F)c2)C(=O)c2cc(C)cc(C(=O)N(C(C)C)C(C)C)c2)c1. The fraction of sp³-hybridized carbons (Fsp3) is 0.412. The second kappa shape index (κ2) is 14.5. The van der Waals surface area contributed by atoms with Crippen LogP contribution in [0.15, 0.2) is 60.7 Å². The molecule has 6 nitrogen and oxygen atoms in total. The summed E-state index contributed by atoms with van der Waals surface area (Å²) in [6.45, 7) is 11.8. The number of benzene rings is 3. The fourth-order valence-corrected chi connectivity index (χ4v) is 5.31. The molecule has 0 aliphatic rings. The third-order valence-corrected chi connectivity index (χ3v) is 7.27. The first-order valence-electron chi connectivity index (χ1n) is 14.5. The van der Waals surface area contributed by atoms with E-state index >= 15 is 0 Å². The van der Waals surface area contributed by atoms with Crippen LogP contribution >= 0.6 is 0 Å². The Morgan fingerprint density at radius 2 is 1.40 bits per heavy atom. The number of carbonyl (C=O) groups excluding carboxylic acids is 2. The molecule has 0 aliphatic carbocycles. The highest BCUT2D eigenvalue weighted by Crippen LogP contribution is 2.20. The van der Waals surface area contributed by atoms with E-state index in [9.17, 15) is 23.5 Å². The third-order valence-electron chi connectivity index (χ3n) is 7.27. The second-order valence-corrected chi connectivity index (χ2v) is 11.6. The Kier molecular flexibility index (Phi) is 11.4. The largest absolute Gasteiger partial charge is 0.390 e. The van der Waals surface area contributed by atoms with Gasteiger partial charge >= 0.3 is 0 Å². The molecule has 0 radical (unpaired) electrons. The standard InChI is InChI=1S/C34H43F2N3O3/c1-7-24-9-8-10-25(13-24)19-38(20-32(40)31(37)16-26-14-29(35)18-30(36)15-26)33(41)27-11-23(6)12-28(17-27)34(42)39(21(2)3)22(4)5/h8-15,17-18,21-22,31-32,40H,7,16,19-20,37H2,1-6H3/t31-,32+/m0/s1. The lowest BCUT2D eigenvalue weighted by molar-refractivity contribution is 0.0554. The summed E-state index contributed by atoms with van der Waals surface area (Å²) in [4.78, 5) is 30.8. The summed E-state index contributed by atoms with van der Waals surface area (Å²) in [6, 6.07) is 15.2. The van der Waals surface area contributed by atoms with Crippen LogP contribution in [0.5, 0.6) is 0 Å². The molecule has 2 amide bonds. The van der Waals surface area contributed by atoms with Gasteiger partial charge in [-0.25, -0.2) is 8.78 Å². The highest BCUT2D eigenvalue weighted by atomic mass is 19.1. The van der Waals surface area contributed by atoms with Crippen LogP contribution in [0.4, 0.5) is 8.78 Å². The molecule has 3 N–H and O–H groups in total. The van der Waals surface area contributed by atoms with Crippen LogP contribution in [-0.4, -0.2) is 57.5 Å². The average Bonchev–Trinajstić information content (AvgIpc) is 2.90. The molecular weight excluding hydrogens is 536 g/mol. The Morgan fingerprint density at radius 1 is 0.833 bits per heavy atom. The van der Waals surface area contributed by atoms with E-state index in [0.29, 0.717) is 16.7 Å². The molecule has 0 saturated heterocycles. The maximum Gasteiger partial charge on any atom is 0.254 e. The Balaban J connectivity index is 1.93. The number of rotatable bonds is 12. The van der Waals surface area contributed by atoms with Gasteiger partial charge in [0.15, 0.2) is 0 Å². The molecule has 0 bridgehead atoms. The smallest absolute Gasteiger partial charge is 0.254 e. The zero-order chi connectivity index (χ0) is 31.1. The zero-order valence-electron chi connectivity index (χ0n) is 25.4. The summed E-state index contributed by atoms with van der Waals surface area (Å²) < 4.78 is 27.4. The van der Waals surface area contributed by atoms with Crippen molar-refractivity contribution in [2.45, 2.75) is 85.2 Å². The zero-order valence-corrected chi connectivity index (χ0v) is 25.4. The lowest BCUT2D eigenvalue weighted by Gasteiger charge is -2.31. The minimum Gasteiger partial charge on any atom is -0.390 e. The summed E-state index contributed by atoms with van der Waals surface area (Å²) in [5.41, 5.74) is 10.1. The molecule has 0 heterocycles. The Hall–Kier alpha value is -3.62. The van der Waals surface area contributed by atoms with E-state index in [1.54, 1.807) is 23.1 Å². The van der Waals surface area contributed by atoms with Gasteiger partial charge in [-0.2, -0.15) is 0 Å². The van der Waals surface area contributed by atoms with Crippen LogP contribution < -0.4 is 5.73 Å². The first kappa shape index (κ1) is 32.9. The number of carbonyl (C=O) groups is 2. The number of nitrogens with zero attached hydrogens (tertiary/aromatic N) is 2. The maximum atomic E-state index is 14.0. The van der Waals surface area contributed by atoms with E-state index in [2.05, 4.69) is 0 Å². The first-order valence-corrected chi connectivity index (χ1v) is 14.5. The molecule has 2 atom stereocenters.